The van der Waals surface area contributed by atoms with Gasteiger partial charge in [-0.25, -0.2) is 4.98 Å². The maximum atomic E-state index is 4.73. The SMILES string of the molecule is CCCC(C)Nc1c(C(C)C)nc2ccccn12. The molecular weight excluding hydrogens is 222 g/mol. The summed E-state index contributed by atoms with van der Waals surface area (Å²) in [5, 5.41) is 3.62. The van der Waals surface area contributed by atoms with Crippen LogP contribution < -0.4 is 5.32 Å². The van der Waals surface area contributed by atoms with Crippen LogP contribution in [-0.2, 0) is 0 Å². The molecule has 0 fully saturated rings. The Kier molecular flexibility index (Phi) is 3.90. The van der Waals surface area contributed by atoms with Crippen LogP contribution in [0.2, 0.25) is 0 Å². The highest BCUT2D eigenvalue weighted by Gasteiger charge is 2.15. The first kappa shape index (κ1) is 12.9. The van der Waals surface area contributed by atoms with Gasteiger partial charge >= 0.3 is 0 Å². The third kappa shape index (κ3) is 2.50. The number of nitrogens with one attached hydrogen (secondary N) is 1. The highest BCUT2D eigenvalue weighted by Crippen LogP contribution is 2.26. The molecule has 2 heterocycles. The lowest BCUT2D eigenvalue weighted by molar-refractivity contribution is 0.683. The first-order valence-electron chi connectivity index (χ1n) is 6.87. The van der Waals surface area contributed by atoms with Crippen LogP contribution in [0.1, 0.15) is 52.1 Å². The predicted octanol–water partition coefficient (Wildman–Crippen LogP) is 4.06. The van der Waals surface area contributed by atoms with E-state index in [2.05, 4.69) is 55.7 Å². The lowest BCUT2D eigenvalue weighted by Gasteiger charge is -2.16. The van der Waals surface area contributed by atoms with Crippen LogP contribution in [0.15, 0.2) is 24.4 Å². The fraction of sp³-hybridized carbons (Fsp3) is 0.533. The smallest absolute Gasteiger partial charge is 0.138 e. The number of nitrogens with zero attached hydrogens (tertiary/aromatic N) is 2. The summed E-state index contributed by atoms with van der Waals surface area (Å²) < 4.78 is 2.15. The zero-order chi connectivity index (χ0) is 13.1. The van der Waals surface area contributed by atoms with Crippen LogP contribution in [0.5, 0.6) is 0 Å². The fourth-order valence-corrected chi connectivity index (χ4v) is 2.30. The highest BCUT2D eigenvalue weighted by atomic mass is 15.1. The monoisotopic (exact) mass is 245 g/mol. The highest BCUT2D eigenvalue weighted by molar-refractivity contribution is 5.56. The van der Waals surface area contributed by atoms with Crippen molar-refractivity contribution in [3.05, 3.63) is 30.1 Å². The Balaban J connectivity index is 2.42. The second-order valence-corrected chi connectivity index (χ2v) is 5.26. The van der Waals surface area contributed by atoms with E-state index in [1.54, 1.807) is 0 Å². The summed E-state index contributed by atoms with van der Waals surface area (Å²) in [6, 6.07) is 6.62. The first-order valence-corrected chi connectivity index (χ1v) is 6.87. The van der Waals surface area contributed by atoms with E-state index in [0.29, 0.717) is 12.0 Å². The number of aromatic nitrogens is 2. The largest absolute Gasteiger partial charge is 0.367 e. The van der Waals surface area contributed by atoms with Gasteiger partial charge in [0.2, 0.25) is 0 Å². The van der Waals surface area contributed by atoms with E-state index in [9.17, 15) is 0 Å². The van der Waals surface area contributed by atoms with Gasteiger partial charge in [0.1, 0.15) is 11.5 Å². The molecule has 0 aliphatic carbocycles. The van der Waals surface area contributed by atoms with Gasteiger partial charge in [-0.05, 0) is 31.4 Å². The van der Waals surface area contributed by atoms with Gasteiger partial charge in [0.05, 0.1) is 5.69 Å². The molecule has 2 aromatic rings. The maximum Gasteiger partial charge on any atom is 0.138 e. The lowest BCUT2D eigenvalue weighted by atomic mass is 10.1. The van der Waals surface area contributed by atoms with Crippen LogP contribution >= 0.6 is 0 Å². The summed E-state index contributed by atoms with van der Waals surface area (Å²) in [6.45, 7) is 8.83. The van der Waals surface area contributed by atoms with Gasteiger partial charge in [-0.1, -0.05) is 33.3 Å². The number of fused-ring (bicyclic) bond motifs is 1. The molecule has 2 aromatic heterocycles. The van der Waals surface area contributed by atoms with E-state index in [4.69, 9.17) is 4.98 Å². The molecule has 3 nitrogen and oxygen atoms in total. The van der Waals surface area contributed by atoms with Crippen molar-refractivity contribution < 1.29 is 0 Å². The zero-order valence-electron chi connectivity index (χ0n) is 11.8. The first-order chi connectivity index (χ1) is 8.63. The zero-order valence-corrected chi connectivity index (χ0v) is 11.8. The summed E-state index contributed by atoms with van der Waals surface area (Å²) >= 11 is 0. The van der Waals surface area contributed by atoms with E-state index >= 15 is 0 Å². The topological polar surface area (TPSA) is 29.3 Å². The summed E-state index contributed by atoms with van der Waals surface area (Å²) in [7, 11) is 0. The molecule has 0 amide bonds. The molecule has 0 bridgehead atoms. The molecule has 0 radical (unpaired) electrons. The molecule has 0 saturated carbocycles. The predicted molar refractivity (Wildman–Crippen MR) is 77.3 cm³/mol. The minimum atomic E-state index is 0.432. The average Bonchev–Trinajstić information content (AvgIpc) is 2.69. The van der Waals surface area contributed by atoms with Crippen LogP contribution in [0.4, 0.5) is 5.82 Å². The third-order valence-electron chi connectivity index (χ3n) is 3.21. The van der Waals surface area contributed by atoms with E-state index < -0.39 is 0 Å². The van der Waals surface area contributed by atoms with Gasteiger partial charge in [-0.3, -0.25) is 4.40 Å². The van der Waals surface area contributed by atoms with Crippen molar-refractivity contribution in [2.45, 2.75) is 52.5 Å². The second kappa shape index (κ2) is 5.42. The molecule has 1 atom stereocenters. The summed E-state index contributed by atoms with van der Waals surface area (Å²) in [5.74, 6) is 1.59. The van der Waals surface area contributed by atoms with Crippen molar-refractivity contribution in [2.24, 2.45) is 0 Å². The van der Waals surface area contributed by atoms with Crippen molar-refractivity contribution in [1.29, 1.82) is 0 Å². The molecule has 18 heavy (non-hydrogen) atoms. The molecule has 0 aliphatic heterocycles. The normalized spacial score (nSPS) is 13.2. The maximum absolute atomic E-state index is 4.73. The minimum absolute atomic E-state index is 0.432. The number of rotatable bonds is 5. The molecule has 2 rings (SSSR count). The molecule has 0 aromatic carbocycles. The van der Waals surface area contributed by atoms with Crippen molar-refractivity contribution in [3.63, 3.8) is 0 Å². The van der Waals surface area contributed by atoms with Crippen LogP contribution in [0.3, 0.4) is 0 Å². The van der Waals surface area contributed by atoms with E-state index in [-0.39, 0.29) is 0 Å². The van der Waals surface area contributed by atoms with Crippen LogP contribution in [0.25, 0.3) is 5.65 Å². The van der Waals surface area contributed by atoms with Gasteiger partial charge in [0.15, 0.2) is 0 Å². The third-order valence-corrected chi connectivity index (χ3v) is 3.21. The molecular formula is C15H23N3. The van der Waals surface area contributed by atoms with Crippen LogP contribution in [0, 0.1) is 0 Å². The van der Waals surface area contributed by atoms with Crippen LogP contribution in [-0.4, -0.2) is 15.4 Å². The molecule has 1 N–H and O–H groups in total. The Hall–Kier alpha value is -1.51. The van der Waals surface area contributed by atoms with Crippen molar-refractivity contribution >= 4 is 11.5 Å². The molecule has 0 saturated heterocycles. The molecule has 3 heteroatoms. The van der Waals surface area contributed by atoms with Gasteiger partial charge in [-0.15, -0.1) is 0 Å². The Morgan fingerprint density at radius 2 is 2.06 bits per heavy atom. The number of anilines is 1. The number of hydrogen-bond acceptors (Lipinski definition) is 2. The minimum Gasteiger partial charge on any atom is -0.367 e. The summed E-state index contributed by atoms with van der Waals surface area (Å²) in [6.07, 6.45) is 4.45. The molecule has 0 spiro atoms. The Labute approximate surface area is 109 Å². The van der Waals surface area contributed by atoms with Gasteiger partial charge < -0.3 is 5.32 Å². The lowest BCUT2D eigenvalue weighted by Crippen LogP contribution is -2.17. The van der Waals surface area contributed by atoms with Crippen molar-refractivity contribution in [2.75, 3.05) is 5.32 Å². The number of imidazole rings is 1. The van der Waals surface area contributed by atoms with E-state index in [0.717, 1.165) is 17.2 Å². The second-order valence-electron chi connectivity index (χ2n) is 5.26. The van der Waals surface area contributed by atoms with Gasteiger partial charge in [0.25, 0.3) is 0 Å². The van der Waals surface area contributed by atoms with E-state index in [1.165, 1.54) is 12.8 Å². The summed E-state index contributed by atoms with van der Waals surface area (Å²) in [5.41, 5.74) is 2.18. The van der Waals surface area contributed by atoms with Crippen molar-refractivity contribution in [3.8, 4) is 0 Å². The standard InChI is InChI=1S/C15H23N3/c1-5-8-12(4)16-15-14(11(2)3)17-13-9-6-7-10-18(13)15/h6-7,9-12,16H,5,8H2,1-4H3. The molecule has 1 unspecified atom stereocenters. The number of hydrogen-bond donors (Lipinski definition) is 1. The quantitative estimate of drug-likeness (QED) is 0.860. The Morgan fingerprint density at radius 1 is 1.28 bits per heavy atom. The molecule has 0 aliphatic rings. The van der Waals surface area contributed by atoms with Gasteiger partial charge in [-0.2, -0.15) is 0 Å². The molecule has 98 valence electrons. The Bertz CT molecular complexity index is 513. The Morgan fingerprint density at radius 3 is 2.72 bits per heavy atom. The fourth-order valence-electron chi connectivity index (χ4n) is 2.30. The van der Waals surface area contributed by atoms with E-state index in [1.807, 2.05) is 6.07 Å². The summed E-state index contributed by atoms with van der Waals surface area (Å²) in [4.78, 5) is 4.73. The van der Waals surface area contributed by atoms with Gasteiger partial charge in [0, 0.05) is 12.2 Å². The number of pyridine rings is 1. The average molecular weight is 245 g/mol. The van der Waals surface area contributed by atoms with Crippen molar-refractivity contribution in [1.82, 2.24) is 9.38 Å².